The number of rotatable bonds is 3. The number of hydrogen-bond donors (Lipinski definition) is 2. The van der Waals surface area contributed by atoms with E-state index in [1.54, 1.807) is 13.8 Å². The molecule has 15 heavy (non-hydrogen) atoms. The largest absolute Gasteiger partial charge is 0.324 e. The van der Waals surface area contributed by atoms with Gasteiger partial charge in [0.05, 0.1) is 5.75 Å². The highest BCUT2D eigenvalue weighted by Gasteiger charge is 2.41. The van der Waals surface area contributed by atoms with Gasteiger partial charge in [-0.25, -0.2) is 0 Å². The lowest BCUT2D eigenvalue weighted by Crippen LogP contribution is -2.50. The Morgan fingerprint density at radius 3 is 2.60 bits per heavy atom. The van der Waals surface area contributed by atoms with Crippen LogP contribution < -0.4 is 5.73 Å². The molecule has 1 amide bonds. The van der Waals surface area contributed by atoms with Crippen LogP contribution in [0.15, 0.2) is 0 Å². The van der Waals surface area contributed by atoms with Gasteiger partial charge < -0.3 is 10.6 Å². The van der Waals surface area contributed by atoms with Crippen molar-refractivity contribution < 1.29 is 17.8 Å². The normalized spacial score (nSPS) is 23.6. The Kier molecular flexibility index (Phi) is 3.34. The molecule has 0 aromatic carbocycles. The Labute approximate surface area is 92.9 Å². The molecule has 3 N–H and O–H groups in total. The number of carbonyl (C=O) groups is 1. The van der Waals surface area contributed by atoms with Crippen molar-refractivity contribution >= 4 is 27.8 Å². The Bertz CT molecular complexity index is 360. The van der Waals surface area contributed by atoms with E-state index >= 15 is 0 Å². The van der Waals surface area contributed by atoms with Gasteiger partial charge in [0.2, 0.25) is 10.6 Å². The Morgan fingerprint density at radius 1 is 1.67 bits per heavy atom. The number of nitrogens with two attached hydrogens (primary N) is 1. The molecule has 1 saturated heterocycles. The zero-order valence-corrected chi connectivity index (χ0v) is 10.1. The highest BCUT2D eigenvalue weighted by molar-refractivity contribution is 8.12. The van der Waals surface area contributed by atoms with Crippen molar-refractivity contribution in [3.8, 4) is 0 Å². The van der Waals surface area contributed by atoms with Crippen molar-refractivity contribution in [3.63, 3.8) is 0 Å². The fraction of sp³-hybridized carbons (Fsp3) is 0.857. The SMILES string of the molecule is CC(C)(N)CN1C(=O)CSC1S(=O)(=O)O. The van der Waals surface area contributed by atoms with Gasteiger partial charge in [0.25, 0.3) is 10.1 Å². The van der Waals surface area contributed by atoms with Crippen molar-refractivity contribution in [1.29, 1.82) is 0 Å². The van der Waals surface area contributed by atoms with E-state index in [-0.39, 0.29) is 18.2 Å². The van der Waals surface area contributed by atoms with Gasteiger partial charge in [-0.3, -0.25) is 9.35 Å². The van der Waals surface area contributed by atoms with E-state index < -0.39 is 20.4 Å². The number of amides is 1. The van der Waals surface area contributed by atoms with E-state index in [9.17, 15) is 13.2 Å². The third-order valence-corrected chi connectivity index (χ3v) is 4.61. The van der Waals surface area contributed by atoms with Gasteiger partial charge in [0.15, 0.2) is 0 Å². The molecular weight excluding hydrogens is 240 g/mol. The van der Waals surface area contributed by atoms with Gasteiger partial charge in [-0.1, -0.05) is 0 Å². The summed E-state index contributed by atoms with van der Waals surface area (Å²) >= 11 is 0.889. The van der Waals surface area contributed by atoms with Crippen LogP contribution in [-0.2, 0) is 14.9 Å². The number of hydrogen-bond acceptors (Lipinski definition) is 5. The summed E-state index contributed by atoms with van der Waals surface area (Å²) in [6.45, 7) is 3.47. The zero-order valence-electron chi connectivity index (χ0n) is 8.50. The second-order valence-corrected chi connectivity index (χ2v) is 6.99. The molecule has 1 unspecified atom stereocenters. The molecule has 0 bridgehead atoms. The summed E-state index contributed by atoms with van der Waals surface area (Å²) in [6, 6.07) is 0. The number of thioether (sulfide) groups is 1. The van der Waals surface area contributed by atoms with Gasteiger partial charge in [-0.15, -0.1) is 11.8 Å². The Hall–Kier alpha value is -0.310. The number of carbonyl (C=O) groups excluding carboxylic acids is 1. The average Bonchev–Trinajstić information content (AvgIpc) is 2.28. The van der Waals surface area contributed by atoms with Gasteiger partial charge in [0.1, 0.15) is 0 Å². The molecule has 1 rings (SSSR count). The predicted octanol–water partition coefficient (Wildman–Crippen LogP) is -0.529. The molecule has 6 nitrogen and oxygen atoms in total. The summed E-state index contributed by atoms with van der Waals surface area (Å²) in [6.07, 6.45) is 0. The molecule has 1 aliphatic rings. The van der Waals surface area contributed by atoms with Crippen LogP contribution in [0.2, 0.25) is 0 Å². The fourth-order valence-corrected chi connectivity index (χ4v) is 3.51. The molecule has 1 fully saturated rings. The van der Waals surface area contributed by atoms with Crippen LogP contribution in [0.1, 0.15) is 13.8 Å². The van der Waals surface area contributed by atoms with E-state index in [2.05, 4.69) is 0 Å². The second kappa shape index (κ2) is 3.93. The monoisotopic (exact) mass is 254 g/mol. The van der Waals surface area contributed by atoms with E-state index in [1.807, 2.05) is 0 Å². The van der Waals surface area contributed by atoms with Gasteiger partial charge in [-0.05, 0) is 13.8 Å². The van der Waals surface area contributed by atoms with Gasteiger partial charge in [-0.2, -0.15) is 8.42 Å². The molecule has 1 aliphatic heterocycles. The van der Waals surface area contributed by atoms with Crippen LogP contribution in [0, 0.1) is 0 Å². The lowest BCUT2D eigenvalue weighted by molar-refractivity contribution is -0.127. The second-order valence-electron chi connectivity index (χ2n) is 4.14. The van der Waals surface area contributed by atoms with Crippen LogP contribution in [0.25, 0.3) is 0 Å². The minimum Gasteiger partial charge on any atom is -0.324 e. The third-order valence-electron chi connectivity index (χ3n) is 1.76. The molecule has 0 aliphatic carbocycles. The molecule has 0 spiro atoms. The summed E-state index contributed by atoms with van der Waals surface area (Å²) in [5, 5.41) is 0. The first-order chi connectivity index (χ1) is 6.61. The quantitative estimate of drug-likeness (QED) is 0.657. The molecule has 0 saturated carbocycles. The summed E-state index contributed by atoms with van der Waals surface area (Å²) in [4.78, 5) is 12.5. The van der Waals surface area contributed by atoms with Gasteiger partial charge >= 0.3 is 0 Å². The van der Waals surface area contributed by atoms with Crippen LogP contribution >= 0.6 is 11.8 Å². The zero-order chi connectivity index (χ0) is 11.9. The predicted molar refractivity (Wildman–Crippen MR) is 57.8 cm³/mol. The molecule has 0 aromatic rings. The minimum atomic E-state index is -4.24. The van der Waals surface area contributed by atoms with Crippen molar-refractivity contribution in [3.05, 3.63) is 0 Å². The molecule has 1 atom stereocenters. The first-order valence-corrected chi connectivity index (χ1v) is 6.83. The maximum Gasteiger partial charge on any atom is 0.296 e. The molecule has 1 heterocycles. The van der Waals surface area contributed by atoms with Crippen LogP contribution in [0.5, 0.6) is 0 Å². The molecule has 0 aromatic heterocycles. The summed E-state index contributed by atoms with van der Waals surface area (Å²) < 4.78 is 29.7. The van der Waals surface area contributed by atoms with Gasteiger partial charge in [0, 0.05) is 12.1 Å². The highest BCUT2D eigenvalue weighted by atomic mass is 32.3. The Morgan fingerprint density at radius 2 is 2.20 bits per heavy atom. The maximum atomic E-state index is 11.4. The van der Waals surface area contributed by atoms with Crippen LogP contribution in [0.3, 0.4) is 0 Å². The minimum absolute atomic E-state index is 0.0561. The summed E-state index contributed by atoms with van der Waals surface area (Å²) in [5.41, 5.74) is 5.01. The average molecular weight is 254 g/mol. The molecule has 0 radical (unpaired) electrons. The lowest BCUT2D eigenvalue weighted by Gasteiger charge is -2.28. The lowest BCUT2D eigenvalue weighted by atomic mass is 10.1. The van der Waals surface area contributed by atoms with E-state index in [0.29, 0.717) is 0 Å². The molecular formula is C7H14N2O4S2. The van der Waals surface area contributed by atoms with Crippen molar-refractivity contribution in [2.75, 3.05) is 12.3 Å². The first kappa shape index (κ1) is 12.8. The third kappa shape index (κ3) is 3.33. The molecule has 88 valence electrons. The molecule has 8 heteroatoms. The number of nitrogens with zero attached hydrogens (tertiary/aromatic N) is 1. The maximum absolute atomic E-state index is 11.4. The smallest absolute Gasteiger partial charge is 0.296 e. The van der Waals surface area contributed by atoms with Crippen molar-refractivity contribution in [2.24, 2.45) is 5.73 Å². The Balaban J connectivity index is 2.88. The van der Waals surface area contributed by atoms with E-state index in [0.717, 1.165) is 16.7 Å². The first-order valence-electron chi connectivity index (χ1n) is 4.27. The summed E-state index contributed by atoms with van der Waals surface area (Å²) in [7, 11) is -4.24. The summed E-state index contributed by atoms with van der Waals surface area (Å²) in [5.74, 6) is -0.262. The van der Waals surface area contributed by atoms with E-state index in [1.165, 1.54) is 0 Å². The highest BCUT2D eigenvalue weighted by Crippen LogP contribution is 2.29. The van der Waals surface area contributed by atoms with E-state index in [4.69, 9.17) is 10.3 Å². The fourth-order valence-electron chi connectivity index (χ4n) is 1.28. The van der Waals surface area contributed by atoms with Crippen molar-refractivity contribution in [1.82, 2.24) is 4.90 Å². The topological polar surface area (TPSA) is 101 Å². The van der Waals surface area contributed by atoms with Crippen LogP contribution in [-0.4, -0.2) is 46.3 Å². The standard InChI is InChI=1S/C7H14N2O4S2/c1-7(2,8)4-9-5(10)3-14-6(9)15(11,12)13/h6H,3-4,8H2,1-2H3,(H,11,12,13). The van der Waals surface area contributed by atoms with Crippen molar-refractivity contribution in [2.45, 2.75) is 24.1 Å². The van der Waals surface area contributed by atoms with Crippen LogP contribution in [0.4, 0.5) is 0 Å².